The number of nitrogens with zero attached hydrogens (tertiary/aromatic N) is 2. The molecule has 2 rings (SSSR count). The lowest BCUT2D eigenvalue weighted by molar-refractivity contribution is 0.251. The maximum atomic E-state index is 13.0. The second-order valence-electron chi connectivity index (χ2n) is 4.49. The second kappa shape index (κ2) is 7.25. The molecule has 0 bridgehead atoms. The van der Waals surface area contributed by atoms with E-state index < -0.39 is 12.1 Å². The quantitative estimate of drug-likeness (QED) is 0.825. The van der Waals surface area contributed by atoms with E-state index in [0.29, 0.717) is 24.5 Å². The van der Waals surface area contributed by atoms with E-state index in [1.54, 1.807) is 12.1 Å². The molecule has 1 aromatic carbocycles. The van der Waals surface area contributed by atoms with E-state index in [1.807, 2.05) is 31.2 Å². The Morgan fingerprint density at radius 2 is 2.14 bits per heavy atom. The molecule has 0 amide bonds. The average Bonchev–Trinajstić information content (AvgIpc) is 2.51. The number of hydrogen-bond acceptors (Lipinski definition) is 4. The van der Waals surface area contributed by atoms with Gasteiger partial charge in [0, 0.05) is 6.54 Å². The first kappa shape index (κ1) is 14.8. The van der Waals surface area contributed by atoms with Crippen LogP contribution in [-0.4, -0.2) is 11.1 Å². The van der Waals surface area contributed by atoms with Crippen molar-refractivity contribution in [1.82, 2.24) is 4.98 Å². The van der Waals surface area contributed by atoms with Crippen LogP contribution in [0.3, 0.4) is 0 Å². The Bertz CT molecular complexity index is 639. The van der Waals surface area contributed by atoms with Crippen LogP contribution >= 0.6 is 0 Å². The van der Waals surface area contributed by atoms with Crippen molar-refractivity contribution in [2.75, 3.05) is 5.32 Å². The van der Waals surface area contributed by atoms with Gasteiger partial charge in [-0.05, 0) is 36.2 Å². The summed E-state index contributed by atoms with van der Waals surface area (Å²) in [5.74, 6) is 0.608. The van der Waals surface area contributed by atoms with Gasteiger partial charge in [-0.25, -0.2) is 4.98 Å². The lowest BCUT2D eigenvalue weighted by Gasteiger charge is -2.12. The van der Waals surface area contributed by atoms with Crippen LogP contribution < -0.4 is 10.1 Å². The molecule has 5 heteroatoms. The number of ether oxygens (including phenoxy) is 1. The van der Waals surface area contributed by atoms with Crippen LogP contribution in [0.15, 0.2) is 42.5 Å². The van der Waals surface area contributed by atoms with Gasteiger partial charge in [0.15, 0.2) is 6.10 Å². The van der Waals surface area contributed by atoms with Gasteiger partial charge in [-0.1, -0.05) is 25.1 Å². The molecule has 2 aromatic rings. The van der Waals surface area contributed by atoms with Gasteiger partial charge in [-0.3, -0.25) is 0 Å². The first-order valence-corrected chi connectivity index (χ1v) is 6.73. The summed E-state index contributed by atoms with van der Waals surface area (Å²) in [6.45, 7) is 2.39. The van der Waals surface area contributed by atoms with Crippen molar-refractivity contribution in [3.05, 3.63) is 54.0 Å². The number of benzene rings is 1. The molecule has 0 aliphatic heterocycles. The summed E-state index contributed by atoms with van der Waals surface area (Å²) in [6, 6.07) is 14.1. The van der Waals surface area contributed by atoms with Crippen LogP contribution in [0.1, 0.15) is 18.9 Å². The second-order valence-corrected chi connectivity index (χ2v) is 4.49. The van der Waals surface area contributed by atoms with E-state index >= 15 is 0 Å². The molecular weight excluding hydrogens is 269 g/mol. The highest BCUT2D eigenvalue weighted by atomic mass is 19.1. The number of pyridine rings is 1. The fraction of sp³-hybridized carbons (Fsp3) is 0.250. The molecule has 0 aliphatic carbocycles. The van der Waals surface area contributed by atoms with Gasteiger partial charge in [0.25, 0.3) is 0 Å². The van der Waals surface area contributed by atoms with Gasteiger partial charge in [0.05, 0.1) is 0 Å². The fourth-order valence-electron chi connectivity index (χ4n) is 1.79. The van der Waals surface area contributed by atoms with E-state index in [0.717, 1.165) is 5.56 Å². The van der Waals surface area contributed by atoms with Crippen LogP contribution in [0.5, 0.6) is 5.75 Å². The van der Waals surface area contributed by atoms with Crippen LogP contribution in [0, 0.1) is 17.3 Å². The molecule has 0 spiro atoms. The molecule has 108 valence electrons. The van der Waals surface area contributed by atoms with Crippen molar-refractivity contribution in [1.29, 1.82) is 5.26 Å². The highest BCUT2D eigenvalue weighted by Crippen LogP contribution is 2.17. The summed E-state index contributed by atoms with van der Waals surface area (Å²) in [5.41, 5.74) is 0.964. The zero-order chi connectivity index (χ0) is 15.1. The largest absolute Gasteiger partial charge is 0.476 e. The molecule has 4 nitrogen and oxygen atoms in total. The Morgan fingerprint density at radius 3 is 2.86 bits per heavy atom. The van der Waals surface area contributed by atoms with E-state index in [4.69, 9.17) is 10.00 Å². The zero-order valence-electron chi connectivity index (χ0n) is 11.7. The molecule has 1 N–H and O–H groups in total. The van der Waals surface area contributed by atoms with Crippen LogP contribution in [0.2, 0.25) is 0 Å². The number of anilines is 1. The predicted octanol–water partition coefficient (Wildman–Crippen LogP) is 3.51. The monoisotopic (exact) mass is 285 g/mol. The van der Waals surface area contributed by atoms with Crippen molar-refractivity contribution < 1.29 is 9.13 Å². The normalized spacial score (nSPS) is 11.5. The Labute approximate surface area is 123 Å². The number of aromatic nitrogens is 1. The number of nitrogens with one attached hydrogen (secondary N) is 1. The van der Waals surface area contributed by atoms with E-state index in [-0.39, 0.29) is 0 Å². The van der Waals surface area contributed by atoms with Crippen LogP contribution in [-0.2, 0) is 6.54 Å². The van der Waals surface area contributed by atoms with Crippen molar-refractivity contribution >= 4 is 5.82 Å². The van der Waals surface area contributed by atoms with Crippen molar-refractivity contribution in [3.8, 4) is 11.8 Å². The van der Waals surface area contributed by atoms with Crippen molar-refractivity contribution in [2.45, 2.75) is 26.0 Å². The molecule has 0 fully saturated rings. The molecule has 21 heavy (non-hydrogen) atoms. The molecule has 0 saturated heterocycles. The van der Waals surface area contributed by atoms with E-state index in [2.05, 4.69) is 16.4 Å². The minimum absolute atomic E-state index is 0.446. The van der Waals surface area contributed by atoms with E-state index in [1.165, 1.54) is 6.07 Å². The number of rotatable bonds is 6. The third-order valence-corrected chi connectivity index (χ3v) is 2.88. The summed E-state index contributed by atoms with van der Waals surface area (Å²) >= 11 is 0. The summed E-state index contributed by atoms with van der Waals surface area (Å²) in [5, 5.41) is 11.9. The van der Waals surface area contributed by atoms with Crippen molar-refractivity contribution in [3.63, 3.8) is 0 Å². The molecule has 1 unspecified atom stereocenters. The smallest absolute Gasteiger partial charge is 0.214 e. The Hall–Kier alpha value is -2.61. The van der Waals surface area contributed by atoms with Crippen molar-refractivity contribution in [2.24, 2.45) is 0 Å². The molecule has 1 aromatic heterocycles. The van der Waals surface area contributed by atoms with Gasteiger partial charge < -0.3 is 10.1 Å². The zero-order valence-corrected chi connectivity index (χ0v) is 11.7. The number of hydrogen-bond donors (Lipinski definition) is 1. The first-order valence-electron chi connectivity index (χ1n) is 6.73. The molecule has 1 atom stereocenters. The van der Waals surface area contributed by atoms with Gasteiger partial charge in [-0.15, -0.1) is 0 Å². The molecular formula is C16H16FN3O. The fourth-order valence-corrected chi connectivity index (χ4v) is 1.79. The standard InChI is InChI=1S/C16H16FN3O/c1-2-13(10-18)21-14-6-3-5-12(9-14)11-19-16-8-4-7-15(17)20-16/h3-9,13H,2,11H2,1H3,(H,19,20). The number of halogens is 1. The topological polar surface area (TPSA) is 57.9 Å². The third-order valence-electron chi connectivity index (χ3n) is 2.88. The highest BCUT2D eigenvalue weighted by molar-refractivity contribution is 5.37. The van der Waals surface area contributed by atoms with Crippen LogP contribution in [0.25, 0.3) is 0 Å². The summed E-state index contributed by atoms with van der Waals surface area (Å²) in [4.78, 5) is 3.73. The van der Waals surface area contributed by atoms with Gasteiger partial charge in [0.2, 0.25) is 5.95 Å². The minimum Gasteiger partial charge on any atom is -0.476 e. The average molecular weight is 285 g/mol. The Morgan fingerprint density at radius 1 is 1.33 bits per heavy atom. The SMILES string of the molecule is CCC(C#N)Oc1cccc(CNc2cccc(F)n2)c1. The maximum absolute atomic E-state index is 13.0. The maximum Gasteiger partial charge on any atom is 0.214 e. The lowest BCUT2D eigenvalue weighted by atomic mass is 10.2. The first-order chi connectivity index (χ1) is 10.2. The predicted molar refractivity (Wildman–Crippen MR) is 78.3 cm³/mol. The third kappa shape index (κ3) is 4.46. The lowest BCUT2D eigenvalue weighted by Crippen LogP contribution is -2.12. The van der Waals surface area contributed by atoms with Gasteiger partial charge in [-0.2, -0.15) is 9.65 Å². The van der Waals surface area contributed by atoms with Crippen LogP contribution in [0.4, 0.5) is 10.2 Å². The molecule has 0 radical (unpaired) electrons. The summed E-state index contributed by atoms with van der Waals surface area (Å²) < 4.78 is 18.5. The highest BCUT2D eigenvalue weighted by Gasteiger charge is 2.06. The molecule has 1 heterocycles. The summed E-state index contributed by atoms with van der Waals surface area (Å²) in [7, 11) is 0. The Kier molecular flexibility index (Phi) is 5.10. The number of nitriles is 1. The van der Waals surface area contributed by atoms with E-state index in [9.17, 15) is 4.39 Å². The van der Waals surface area contributed by atoms with Gasteiger partial charge >= 0.3 is 0 Å². The Balaban J connectivity index is 1.99. The molecule has 0 saturated carbocycles. The summed E-state index contributed by atoms with van der Waals surface area (Å²) in [6.07, 6.45) is 0.185. The molecule has 0 aliphatic rings. The minimum atomic E-state index is -0.517. The van der Waals surface area contributed by atoms with Gasteiger partial charge in [0.1, 0.15) is 17.6 Å².